The summed E-state index contributed by atoms with van der Waals surface area (Å²) in [4.78, 5) is 26.7. The van der Waals surface area contributed by atoms with Crippen LogP contribution in [0.4, 0.5) is 5.69 Å². The molecule has 0 aromatic heterocycles. The number of benzene rings is 2. The quantitative estimate of drug-likeness (QED) is 0.770. The van der Waals surface area contributed by atoms with Gasteiger partial charge in [0.25, 0.3) is 5.91 Å². The summed E-state index contributed by atoms with van der Waals surface area (Å²) in [7, 11) is 0. The summed E-state index contributed by atoms with van der Waals surface area (Å²) in [6.07, 6.45) is 2.08. The van der Waals surface area contributed by atoms with Crippen molar-refractivity contribution in [3.63, 3.8) is 0 Å². The number of aryl methyl sites for hydroxylation is 2. The van der Waals surface area contributed by atoms with Gasteiger partial charge in [0.05, 0.1) is 11.3 Å². The molecule has 2 rings (SSSR count). The predicted molar refractivity (Wildman–Crippen MR) is 106 cm³/mol. The number of hydrogen-bond acceptors (Lipinski definition) is 2. The highest BCUT2D eigenvalue weighted by atomic mass is 16.2. The van der Waals surface area contributed by atoms with Crippen LogP contribution in [0, 0.1) is 0 Å². The maximum absolute atomic E-state index is 12.6. The van der Waals surface area contributed by atoms with E-state index in [0.29, 0.717) is 37.2 Å². The Bertz CT molecular complexity index is 734. The van der Waals surface area contributed by atoms with Gasteiger partial charge < -0.3 is 10.2 Å². The summed E-state index contributed by atoms with van der Waals surface area (Å²) in [5.74, 6) is -0.134. The zero-order valence-corrected chi connectivity index (χ0v) is 15.9. The third kappa shape index (κ3) is 5.19. The molecular weight excluding hydrogens is 324 g/mol. The van der Waals surface area contributed by atoms with Crippen molar-refractivity contribution in [1.82, 2.24) is 4.90 Å². The molecule has 0 bridgehead atoms. The third-order valence-electron chi connectivity index (χ3n) is 4.55. The van der Waals surface area contributed by atoms with Crippen molar-refractivity contribution in [2.75, 3.05) is 18.4 Å². The summed E-state index contributed by atoms with van der Waals surface area (Å²) in [6.45, 7) is 7.31. The molecule has 0 spiro atoms. The van der Waals surface area contributed by atoms with Crippen LogP contribution in [0.2, 0.25) is 0 Å². The average molecular weight is 352 g/mol. The third-order valence-corrected chi connectivity index (χ3v) is 4.55. The molecule has 0 heterocycles. The zero-order chi connectivity index (χ0) is 18.9. The zero-order valence-electron chi connectivity index (χ0n) is 15.9. The van der Waals surface area contributed by atoms with Crippen LogP contribution in [-0.2, 0) is 17.6 Å². The van der Waals surface area contributed by atoms with Crippen molar-refractivity contribution in [1.29, 1.82) is 0 Å². The van der Waals surface area contributed by atoms with Crippen LogP contribution in [-0.4, -0.2) is 29.8 Å². The van der Waals surface area contributed by atoms with E-state index in [2.05, 4.69) is 36.5 Å². The van der Waals surface area contributed by atoms with Gasteiger partial charge in [0.2, 0.25) is 5.91 Å². The molecule has 0 fully saturated rings. The fraction of sp³-hybridized carbons (Fsp3) is 0.364. The van der Waals surface area contributed by atoms with Gasteiger partial charge in [-0.05, 0) is 49.9 Å². The molecule has 0 aliphatic rings. The first-order valence-corrected chi connectivity index (χ1v) is 9.35. The first-order valence-electron chi connectivity index (χ1n) is 9.35. The second kappa shape index (κ2) is 9.76. The van der Waals surface area contributed by atoms with Gasteiger partial charge in [-0.25, -0.2) is 0 Å². The largest absolute Gasteiger partial charge is 0.339 e. The Morgan fingerprint density at radius 1 is 0.885 bits per heavy atom. The summed E-state index contributed by atoms with van der Waals surface area (Å²) in [5, 5.41) is 2.90. The number of anilines is 1. The maximum Gasteiger partial charge on any atom is 0.255 e. The topological polar surface area (TPSA) is 49.4 Å². The van der Waals surface area contributed by atoms with Crippen LogP contribution in [0.3, 0.4) is 0 Å². The Kier molecular flexibility index (Phi) is 7.39. The lowest BCUT2D eigenvalue weighted by molar-refractivity contribution is -0.116. The summed E-state index contributed by atoms with van der Waals surface area (Å²) < 4.78 is 0. The second-order valence-electron chi connectivity index (χ2n) is 6.24. The fourth-order valence-electron chi connectivity index (χ4n) is 2.87. The molecule has 4 heteroatoms. The Morgan fingerprint density at radius 2 is 1.50 bits per heavy atom. The highest BCUT2D eigenvalue weighted by molar-refractivity contribution is 6.03. The first-order chi connectivity index (χ1) is 12.6. The number of rotatable bonds is 8. The molecule has 138 valence electrons. The van der Waals surface area contributed by atoms with Crippen molar-refractivity contribution in [2.24, 2.45) is 0 Å². The van der Waals surface area contributed by atoms with Crippen LogP contribution in [0.5, 0.6) is 0 Å². The van der Waals surface area contributed by atoms with Crippen LogP contribution < -0.4 is 5.32 Å². The number of nitrogens with zero attached hydrogens (tertiary/aromatic N) is 1. The van der Waals surface area contributed by atoms with Crippen LogP contribution >= 0.6 is 0 Å². The van der Waals surface area contributed by atoms with Crippen molar-refractivity contribution in [2.45, 2.75) is 40.0 Å². The van der Waals surface area contributed by atoms with E-state index in [1.54, 1.807) is 17.0 Å². The molecule has 2 aromatic carbocycles. The van der Waals surface area contributed by atoms with Gasteiger partial charge in [-0.1, -0.05) is 43.3 Å². The number of carbonyl (C=O) groups excluding carboxylic acids is 2. The first kappa shape index (κ1) is 19.7. The highest BCUT2D eigenvalue weighted by Crippen LogP contribution is 2.18. The van der Waals surface area contributed by atoms with E-state index in [-0.39, 0.29) is 11.8 Å². The molecule has 2 amide bonds. The molecule has 0 saturated carbocycles. The number of nitrogens with one attached hydrogen (secondary N) is 1. The molecule has 0 unspecified atom stereocenters. The molecule has 2 aromatic rings. The smallest absolute Gasteiger partial charge is 0.255 e. The van der Waals surface area contributed by atoms with Gasteiger partial charge in [-0.3, -0.25) is 9.59 Å². The monoisotopic (exact) mass is 352 g/mol. The van der Waals surface area contributed by atoms with E-state index in [1.807, 2.05) is 26.0 Å². The minimum atomic E-state index is -0.0793. The predicted octanol–water partition coefficient (Wildman–Crippen LogP) is 4.30. The number of para-hydroxylation sites is 1. The van der Waals surface area contributed by atoms with E-state index in [9.17, 15) is 9.59 Å². The molecule has 26 heavy (non-hydrogen) atoms. The standard InChI is InChI=1S/C22H28N2O2/c1-4-17-11-13-18(14-12-17)15-16-21(25)23-20-10-8-7-9-19(20)22(26)24(5-2)6-3/h7-14H,4-6,15-16H2,1-3H3,(H,23,25). The van der Waals surface area contributed by atoms with Crippen LogP contribution in [0.25, 0.3) is 0 Å². The van der Waals surface area contributed by atoms with Gasteiger partial charge in [0, 0.05) is 19.5 Å². The fourth-order valence-corrected chi connectivity index (χ4v) is 2.87. The minimum absolute atomic E-state index is 0.0546. The van der Waals surface area contributed by atoms with Crippen LogP contribution in [0.1, 0.15) is 48.7 Å². The van der Waals surface area contributed by atoms with Crippen molar-refractivity contribution in [3.8, 4) is 0 Å². The van der Waals surface area contributed by atoms with Crippen molar-refractivity contribution < 1.29 is 9.59 Å². The Hall–Kier alpha value is -2.62. The molecule has 1 N–H and O–H groups in total. The van der Waals surface area contributed by atoms with Gasteiger partial charge in [0.15, 0.2) is 0 Å². The lowest BCUT2D eigenvalue weighted by Crippen LogP contribution is -2.31. The van der Waals surface area contributed by atoms with Gasteiger partial charge in [-0.15, -0.1) is 0 Å². The minimum Gasteiger partial charge on any atom is -0.339 e. The van der Waals surface area contributed by atoms with Gasteiger partial charge in [-0.2, -0.15) is 0 Å². The SMILES string of the molecule is CCc1ccc(CCC(=O)Nc2ccccc2C(=O)N(CC)CC)cc1. The Labute approximate surface area is 156 Å². The highest BCUT2D eigenvalue weighted by Gasteiger charge is 2.17. The molecule has 0 atom stereocenters. The van der Waals surface area contributed by atoms with E-state index >= 15 is 0 Å². The molecular formula is C22H28N2O2. The molecule has 0 radical (unpaired) electrons. The molecule has 0 aliphatic carbocycles. The maximum atomic E-state index is 12.6. The normalized spacial score (nSPS) is 10.4. The lowest BCUT2D eigenvalue weighted by Gasteiger charge is -2.20. The molecule has 0 saturated heterocycles. The van der Waals surface area contributed by atoms with E-state index in [4.69, 9.17) is 0 Å². The van der Waals surface area contributed by atoms with Crippen molar-refractivity contribution >= 4 is 17.5 Å². The number of hydrogen-bond donors (Lipinski definition) is 1. The van der Waals surface area contributed by atoms with E-state index in [1.165, 1.54) is 5.56 Å². The Morgan fingerprint density at radius 3 is 2.12 bits per heavy atom. The number of amides is 2. The van der Waals surface area contributed by atoms with E-state index < -0.39 is 0 Å². The Balaban J connectivity index is 2.01. The van der Waals surface area contributed by atoms with Crippen LogP contribution in [0.15, 0.2) is 48.5 Å². The van der Waals surface area contributed by atoms with Crippen molar-refractivity contribution in [3.05, 3.63) is 65.2 Å². The summed E-state index contributed by atoms with van der Waals surface area (Å²) in [5.41, 5.74) is 3.56. The molecule has 4 nitrogen and oxygen atoms in total. The average Bonchev–Trinajstić information content (AvgIpc) is 2.68. The summed E-state index contributed by atoms with van der Waals surface area (Å²) >= 11 is 0. The lowest BCUT2D eigenvalue weighted by atomic mass is 10.1. The summed E-state index contributed by atoms with van der Waals surface area (Å²) in [6, 6.07) is 15.6. The second-order valence-corrected chi connectivity index (χ2v) is 6.24. The molecule has 0 aliphatic heterocycles. The number of carbonyl (C=O) groups is 2. The van der Waals surface area contributed by atoms with Gasteiger partial charge >= 0.3 is 0 Å². The van der Waals surface area contributed by atoms with E-state index in [0.717, 1.165) is 12.0 Å². The van der Waals surface area contributed by atoms with Gasteiger partial charge in [0.1, 0.15) is 0 Å².